The standard InChI is InChI=1S/C11H14INOS2/c1-15-11(3-2-4-11)7-13-10(14)8-5-9(12)16-6-8/h5-6H,2-4,7H2,1H3,(H,13,14). The number of thiophene rings is 1. The summed E-state index contributed by atoms with van der Waals surface area (Å²) in [4.78, 5) is 11.8. The highest BCUT2D eigenvalue weighted by Gasteiger charge is 2.36. The van der Waals surface area contributed by atoms with Gasteiger partial charge in [-0.3, -0.25) is 4.79 Å². The summed E-state index contributed by atoms with van der Waals surface area (Å²) in [7, 11) is 0. The Kier molecular flexibility index (Phi) is 4.18. The Balaban J connectivity index is 1.88. The minimum atomic E-state index is 0.0690. The molecule has 0 saturated heterocycles. The van der Waals surface area contributed by atoms with Crippen molar-refractivity contribution in [2.45, 2.75) is 24.0 Å². The summed E-state index contributed by atoms with van der Waals surface area (Å²) in [5.74, 6) is 0.0690. The first-order valence-corrected chi connectivity index (χ1v) is 8.41. The maximum absolute atomic E-state index is 11.8. The van der Waals surface area contributed by atoms with E-state index in [4.69, 9.17) is 0 Å². The number of rotatable bonds is 4. The van der Waals surface area contributed by atoms with Gasteiger partial charge in [0.05, 0.1) is 8.45 Å². The smallest absolute Gasteiger partial charge is 0.252 e. The summed E-state index contributed by atoms with van der Waals surface area (Å²) in [6.45, 7) is 0.805. The molecular weight excluding hydrogens is 353 g/mol. The first-order valence-electron chi connectivity index (χ1n) is 5.23. The van der Waals surface area contributed by atoms with Gasteiger partial charge in [0.2, 0.25) is 0 Å². The third-order valence-electron chi connectivity index (χ3n) is 3.10. The lowest BCUT2D eigenvalue weighted by Gasteiger charge is -2.40. The van der Waals surface area contributed by atoms with Gasteiger partial charge >= 0.3 is 0 Å². The molecule has 1 aromatic rings. The van der Waals surface area contributed by atoms with E-state index in [1.165, 1.54) is 19.3 Å². The third kappa shape index (κ3) is 2.73. The second kappa shape index (κ2) is 5.27. The molecule has 1 aromatic heterocycles. The predicted molar refractivity (Wildman–Crippen MR) is 79.5 cm³/mol. The van der Waals surface area contributed by atoms with E-state index in [0.717, 1.165) is 15.0 Å². The van der Waals surface area contributed by atoms with Crippen LogP contribution in [0.25, 0.3) is 0 Å². The Morgan fingerprint density at radius 2 is 2.44 bits per heavy atom. The molecule has 1 saturated carbocycles. The van der Waals surface area contributed by atoms with Gasteiger partial charge < -0.3 is 5.32 Å². The number of nitrogens with one attached hydrogen (secondary N) is 1. The van der Waals surface area contributed by atoms with Crippen molar-refractivity contribution in [3.8, 4) is 0 Å². The van der Waals surface area contributed by atoms with E-state index in [2.05, 4.69) is 34.2 Å². The molecule has 1 aliphatic carbocycles. The summed E-state index contributed by atoms with van der Waals surface area (Å²) >= 11 is 5.74. The van der Waals surface area contributed by atoms with E-state index in [1.807, 2.05) is 23.2 Å². The van der Waals surface area contributed by atoms with Crippen LogP contribution in [0, 0.1) is 2.88 Å². The van der Waals surface area contributed by atoms with E-state index in [9.17, 15) is 4.79 Å². The van der Waals surface area contributed by atoms with E-state index >= 15 is 0 Å². The molecular formula is C11H14INOS2. The average molecular weight is 367 g/mol. The molecule has 1 aliphatic rings. The Morgan fingerprint density at radius 1 is 1.69 bits per heavy atom. The highest BCUT2D eigenvalue weighted by molar-refractivity contribution is 14.1. The molecule has 1 amide bonds. The molecule has 1 fully saturated rings. The lowest BCUT2D eigenvalue weighted by atomic mass is 9.84. The molecule has 16 heavy (non-hydrogen) atoms. The van der Waals surface area contributed by atoms with Crippen LogP contribution >= 0.6 is 45.7 Å². The van der Waals surface area contributed by atoms with Crippen LogP contribution in [-0.4, -0.2) is 23.5 Å². The van der Waals surface area contributed by atoms with Crippen LogP contribution < -0.4 is 5.32 Å². The summed E-state index contributed by atoms with van der Waals surface area (Å²) in [5.41, 5.74) is 0.796. The predicted octanol–water partition coefficient (Wildman–Crippen LogP) is 3.37. The zero-order valence-corrected chi connectivity index (χ0v) is 12.9. The van der Waals surface area contributed by atoms with Crippen LogP contribution in [-0.2, 0) is 0 Å². The van der Waals surface area contributed by atoms with Crippen LogP contribution in [0.5, 0.6) is 0 Å². The van der Waals surface area contributed by atoms with Crippen molar-refractivity contribution in [1.82, 2.24) is 5.32 Å². The molecule has 1 heterocycles. The SMILES string of the molecule is CSC1(CNC(=O)c2csc(I)c2)CCC1. The van der Waals surface area contributed by atoms with Crippen LogP contribution in [0.1, 0.15) is 29.6 Å². The summed E-state index contributed by atoms with van der Waals surface area (Å²) in [6.07, 6.45) is 5.90. The largest absolute Gasteiger partial charge is 0.351 e. The number of carbonyl (C=O) groups is 1. The van der Waals surface area contributed by atoms with Crippen LogP contribution in [0.2, 0.25) is 0 Å². The highest BCUT2D eigenvalue weighted by atomic mass is 127. The van der Waals surface area contributed by atoms with Crippen LogP contribution in [0.4, 0.5) is 0 Å². The van der Waals surface area contributed by atoms with Crippen LogP contribution in [0.3, 0.4) is 0 Å². The van der Waals surface area contributed by atoms with Gasteiger partial charge in [0.25, 0.3) is 5.91 Å². The minimum absolute atomic E-state index is 0.0690. The van der Waals surface area contributed by atoms with E-state index in [0.29, 0.717) is 4.75 Å². The zero-order valence-electron chi connectivity index (χ0n) is 9.09. The lowest BCUT2D eigenvalue weighted by molar-refractivity contribution is 0.0944. The quantitative estimate of drug-likeness (QED) is 0.827. The fraction of sp³-hybridized carbons (Fsp3) is 0.545. The Bertz CT molecular complexity index is 382. The second-order valence-corrected chi connectivity index (χ2v) is 8.14. The molecule has 0 spiro atoms. The van der Waals surface area contributed by atoms with Gasteiger partial charge in [-0.2, -0.15) is 11.8 Å². The average Bonchev–Trinajstić information content (AvgIpc) is 2.64. The minimum Gasteiger partial charge on any atom is -0.351 e. The van der Waals surface area contributed by atoms with Crippen molar-refractivity contribution in [3.63, 3.8) is 0 Å². The molecule has 0 atom stereocenters. The summed E-state index contributed by atoms with van der Waals surface area (Å²) in [6, 6.07) is 1.94. The van der Waals surface area contributed by atoms with Gasteiger partial charge in [-0.25, -0.2) is 0 Å². The van der Waals surface area contributed by atoms with Gasteiger partial charge in [0.1, 0.15) is 0 Å². The zero-order chi connectivity index (χ0) is 11.6. The third-order valence-corrected chi connectivity index (χ3v) is 6.31. The molecule has 0 bridgehead atoms. The molecule has 0 aromatic carbocycles. The molecule has 2 nitrogen and oxygen atoms in total. The fourth-order valence-electron chi connectivity index (χ4n) is 1.80. The Hall–Kier alpha value is 0.250. The van der Waals surface area contributed by atoms with Crippen molar-refractivity contribution in [2.75, 3.05) is 12.8 Å². The normalized spacial score (nSPS) is 17.9. The lowest BCUT2D eigenvalue weighted by Crippen LogP contribution is -2.45. The number of hydrogen-bond acceptors (Lipinski definition) is 3. The molecule has 1 N–H and O–H groups in total. The van der Waals surface area contributed by atoms with Gasteiger partial charge in [0, 0.05) is 16.7 Å². The molecule has 0 unspecified atom stereocenters. The van der Waals surface area contributed by atoms with E-state index in [1.54, 1.807) is 11.3 Å². The molecule has 5 heteroatoms. The number of thioether (sulfide) groups is 1. The fourth-order valence-corrected chi connectivity index (χ4v) is 4.04. The Labute approximate surface area is 118 Å². The molecule has 0 aliphatic heterocycles. The second-order valence-electron chi connectivity index (χ2n) is 4.06. The first kappa shape index (κ1) is 12.7. The summed E-state index contributed by atoms with van der Waals surface area (Å²) < 4.78 is 1.48. The van der Waals surface area contributed by atoms with Crippen molar-refractivity contribution in [1.29, 1.82) is 0 Å². The van der Waals surface area contributed by atoms with E-state index in [-0.39, 0.29) is 5.91 Å². The van der Waals surface area contributed by atoms with Gasteiger partial charge in [0.15, 0.2) is 0 Å². The van der Waals surface area contributed by atoms with Gasteiger partial charge in [-0.15, -0.1) is 11.3 Å². The number of amides is 1. The van der Waals surface area contributed by atoms with Crippen molar-refractivity contribution in [3.05, 3.63) is 19.9 Å². The number of halogens is 1. The molecule has 88 valence electrons. The summed E-state index contributed by atoms with van der Waals surface area (Å²) in [5, 5.41) is 4.97. The molecule has 2 rings (SSSR count). The highest BCUT2D eigenvalue weighted by Crippen LogP contribution is 2.42. The van der Waals surface area contributed by atoms with Crippen molar-refractivity contribution >= 4 is 51.6 Å². The number of hydrogen-bond donors (Lipinski definition) is 1. The van der Waals surface area contributed by atoms with Crippen molar-refractivity contribution < 1.29 is 4.79 Å². The van der Waals surface area contributed by atoms with E-state index < -0.39 is 0 Å². The monoisotopic (exact) mass is 367 g/mol. The first-order chi connectivity index (χ1) is 7.65. The maximum atomic E-state index is 11.8. The van der Waals surface area contributed by atoms with Gasteiger partial charge in [-0.05, 0) is 47.8 Å². The number of carbonyl (C=O) groups excluding carboxylic acids is 1. The van der Waals surface area contributed by atoms with Crippen molar-refractivity contribution in [2.24, 2.45) is 0 Å². The molecule has 0 radical (unpaired) electrons. The maximum Gasteiger partial charge on any atom is 0.252 e. The van der Waals surface area contributed by atoms with Crippen LogP contribution in [0.15, 0.2) is 11.4 Å². The topological polar surface area (TPSA) is 29.1 Å². The van der Waals surface area contributed by atoms with Gasteiger partial charge in [-0.1, -0.05) is 6.42 Å². The Morgan fingerprint density at radius 3 is 2.88 bits per heavy atom.